The minimum atomic E-state index is -4.45. The van der Waals surface area contributed by atoms with E-state index in [0.29, 0.717) is 0 Å². The van der Waals surface area contributed by atoms with Gasteiger partial charge in [0.15, 0.2) is 0 Å². The quantitative estimate of drug-likeness (QED) is 0.797. The maximum atomic E-state index is 12.4. The average molecular weight is 314 g/mol. The summed E-state index contributed by atoms with van der Waals surface area (Å²) in [6, 6.07) is 2.80. The van der Waals surface area contributed by atoms with Gasteiger partial charge >= 0.3 is 6.18 Å². The average Bonchev–Trinajstić information content (AvgIpc) is 2.25. The molecule has 1 rings (SSSR count). The summed E-state index contributed by atoms with van der Waals surface area (Å²) >= 11 is 2.93. The summed E-state index contributed by atoms with van der Waals surface area (Å²) in [5, 5.41) is 18.9. The van der Waals surface area contributed by atoms with Crippen LogP contribution < -0.4 is 5.73 Å². The third kappa shape index (κ3) is 3.41. The van der Waals surface area contributed by atoms with Crippen LogP contribution in [0.4, 0.5) is 13.2 Å². The molecule has 1 aromatic rings. The molecule has 96 valence electrons. The monoisotopic (exact) mass is 313 g/mol. The first kappa shape index (κ1) is 14.4. The first-order chi connectivity index (χ1) is 7.77. The Hall–Kier alpha value is -0.630. The smallest absolute Gasteiger partial charge is 0.389 e. The van der Waals surface area contributed by atoms with Crippen LogP contribution in [0.5, 0.6) is 0 Å². The molecular weight excluding hydrogens is 303 g/mol. The van der Waals surface area contributed by atoms with E-state index in [1.54, 1.807) is 0 Å². The van der Waals surface area contributed by atoms with E-state index in [1.165, 1.54) is 0 Å². The second kappa shape index (κ2) is 5.34. The molecule has 0 aliphatic rings. The molecule has 17 heavy (non-hydrogen) atoms. The van der Waals surface area contributed by atoms with Crippen molar-refractivity contribution in [3.05, 3.63) is 33.8 Å². The predicted molar refractivity (Wildman–Crippen MR) is 59.2 cm³/mol. The lowest BCUT2D eigenvalue weighted by atomic mass is 10.0. The molecule has 0 amide bonds. The predicted octanol–water partition coefficient (Wildman–Crippen LogP) is 1.82. The standard InChI is InChI=1S/C10H11BrF3NO2/c11-7-3-5(10(12,13)14)1-2-6(7)9(17)8(16)4-15/h1-3,8-9,16-17H,4,15H2. The number of rotatable bonds is 3. The highest BCUT2D eigenvalue weighted by Gasteiger charge is 2.31. The van der Waals surface area contributed by atoms with Crippen LogP contribution in [-0.2, 0) is 6.18 Å². The van der Waals surface area contributed by atoms with E-state index in [2.05, 4.69) is 15.9 Å². The van der Waals surface area contributed by atoms with Crippen molar-refractivity contribution in [1.82, 2.24) is 0 Å². The maximum Gasteiger partial charge on any atom is 0.416 e. The Kier molecular flexibility index (Phi) is 4.54. The summed E-state index contributed by atoms with van der Waals surface area (Å²) in [7, 11) is 0. The molecule has 0 fully saturated rings. The van der Waals surface area contributed by atoms with E-state index in [4.69, 9.17) is 5.73 Å². The highest BCUT2D eigenvalue weighted by atomic mass is 79.9. The molecule has 0 heterocycles. The maximum absolute atomic E-state index is 12.4. The van der Waals surface area contributed by atoms with E-state index in [1.807, 2.05) is 0 Å². The van der Waals surface area contributed by atoms with Gasteiger partial charge in [-0.25, -0.2) is 0 Å². The van der Waals surface area contributed by atoms with E-state index >= 15 is 0 Å². The Labute approximate surface area is 104 Å². The molecule has 0 aliphatic heterocycles. The fraction of sp³-hybridized carbons (Fsp3) is 0.400. The number of nitrogens with two attached hydrogens (primary N) is 1. The van der Waals surface area contributed by atoms with Crippen molar-refractivity contribution in [2.24, 2.45) is 5.73 Å². The van der Waals surface area contributed by atoms with Crippen molar-refractivity contribution in [1.29, 1.82) is 0 Å². The van der Waals surface area contributed by atoms with Gasteiger partial charge < -0.3 is 15.9 Å². The summed E-state index contributed by atoms with van der Waals surface area (Å²) in [5.74, 6) is 0. The molecule has 0 radical (unpaired) electrons. The van der Waals surface area contributed by atoms with Gasteiger partial charge in [-0.05, 0) is 17.7 Å². The highest BCUT2D eigenvalue weighted by Crippen LogP contribution is 2.34. The van der Waals surface area contributed by atoms with Gasteiger partial charge in [-0.3, -0.25) is 0 Å². The molecule has 0 bridgehead atoms. The van der Waals surface area contributed by atoms with Gasteiger partial charge in [0.2, 0.25) is 0 Å². The molecule has 7 heteroatoms. The van der Waals surface area contributed by atoms with Crippen molar-refractivity contribution in [2.45, 2.75) is 18.4 Å². The van der Waals surface area contributed by atoms with Crippen molar-refractivity contribution in [2.75, 3.05) is 6.54 Å². The van der Waals surface area contributed by atoms with Crippen LogP contribution in [0.1, 0.15) is 17.2 Å². The van der Waals surface area contributed by atoms with Gasteiger partial charge in [0, 0.05) is 11.0 Å². The molecule has 0 aromatic heterocycles. The third-order valence-electron chi connectivity index (χ3n) is 2.25. The van der Waals surface area contributed by atoms with E-state index < -0.39 is 23.9 Å². The zero-order valence-corrected chi connectivity index (χ0v) is 10.2. The molecule has 2 atom stereocenters. The fourth-order valence-electron chi connectivity index (χ4n) is 1.28. The van der Waals surface area contributed by atoms with Crippen molar-refractivity contribution < 1.29 is 23.4 Å². The molecular formula is C10H11BrF3NO2. The summed E-state index contributed by atoms with van der Waals surface area (Å²) in [6.07, 6.45) is -6.99. The van der Waals surface area contributed by atoms with Crippen molar-refractivity contribution >= 4 is 15.9 Å². The number of benzene rings is 1. The first-order valence-corrected chi connectivity index (χ1v) is 5.49. The van der Waals surface area contributed by atoms with Crippen molar-refractivity contribution in [3.63, 3.8) is 0 Å². The number of hydrogen-bond donors (Lipinski definition) is 3. The number of aliphatic hydroxyl groups excluding tert-OH is 2. The lowest BCUT2D eigenvalue weighted by Gasteiger charge is -2.18. The lowest BCUT2D eigenvalue weighted by Crippen LogP contribution is -2.27. The molecule has 0 saturated carbocycles. The summed E-state index contributed by atoms with van der Waals surface area (Å²) in [5.41, 5.74) is 4.49. The van der Waals surface area contributed by atoms with E-state index in [9.17, 15) is 23.4 Å². The molecule has 0 spiro atoms. The highest BCUT2D eigenvalue weighted by molar-refractivity contribution is 9.10. The van der Waals surface area contributed by atoms with Crippen LogP contribution >= 0.6 is 15.9 Å². The van der Waals surface area contributed by atoms with Crippen LogP contribution in [-0.4, -0.2) is 22.9 Å². The Morgan fingerprint density at radius 3 is 2.29 bits per heavy atom. The first-order valence-electron chi connectivity index (χ1n) is 4.70. The van der Waals surface area contributed by atoms with Gasteiger partial charge in [-0.1, -0.05) is 22.0 Å². The molecule has 1 aromatic carbocycles. The van der Waals surface area contributed by atoms with E-state index in [0.717, 1.165) is 18.2 Å². The lowest BCUT2D eigenvalue weighted by molar-refractivity contribution is -0.137. The zero-order chi connectivity index (χ0) is 13.2. The second-order valence-corrected chi connectivity index (χ2v) is 4.34. The Balaban J connectivity index is 3.06. The van der Waals surface area contributed by atoms with Crippen LogP contribution in [0, 0.1) is 0 Å². The Morgan fingerprint density at radius 1 is 1.29 bits per heavy atom. The van der Waals surface area contributed by atoms with Crippen LogP contribution in [0.25, 0.3) is 0 Å². The normalized spacial score (nSPS) is 15.7. The van der Waals surface area contributed by atoms with Gasteiger partial charge in [0.1, 0.15) is 6.10 Å². The molecule has 3 nitrogen and oxygen atoms in total. The van der Waals surface area contributed by atoms with Crippen LogP contribution in [0.15, 0.2) is 22.7 Å². The molecule has 4 N–H and O–H groups in total. The molecule has 0 saturated heterocycles. The second-order valence-electron chi connectivity index (χ2n) is 3.48. The number of aliphatic hydroxyl groups is 2. The van der Waals surface area contributed by atoms with Gasteiger partial charge in [0.05, 0.1) is 11.7 Å². The number of halogens is 4. The topological polar surface area (TPSA) is 66.5 Å². The van der Waals surface area contributed by atoms with E-state index in [-0.39, 0.29) is 16.6 Å². The number of hydrogen-bond acceptors (Lipinski definition) is 3. The van der Waals surface area contributed by atoms with Gasteiger partial charge in [-0.15, -0.1) is 0 Å². The Morgan fingerprint density at radius 2 is 1.88 bits per heavy atom. The largest absolute Gasteiger partial charge is 0.416 e. The fourth-order valence-corrected chi connectivity index (χ4v) is 1.89. The van der Waals surface area contributed by atoms with Gasteiger partial charge in [-0.2, -0.15) is 13.2 Å². The minimum Gasteiger partial charge on any atom is -0.389 e. The molecule has 0 aliphatic carbocycles. The SMILES string of the molecule is NCC(O)C(O)c1ccc(C(F)(F)F)cc1Br. The van der Waals surface area contributed by atoms with Crippen molar-refractivity contribution in [3.8, 4) is 0 Å². The third-order valence-corrected chi connectivity index (χ3v) is 2.94. The molecule has 2 unspecified atom stereocenters. The van der Waals surface area contributed by atoms with Gasteiger partial charge in [0.25, 0.3) is 0 Å². The summed E-state index contributed by atoms with van der Waals surface area (Å²) < 4.78 is 37.2. The minimum absolute atomic E-state index is 0.0762. The summed E-state index contributed by atoms with van der Waals surface area (Å²) in [4.78, 5) is 0. The number of alkyl halides is 3. The van der Waals surface area contributed by atoms with Crippen LogP contribution in [0.2, 0.25) is 0 Å². The Bertz CT molecular complexity index is 398. The zero-order valence-electron chi connectivity index (χ0n) is 8.58. The summed E-state index contributed by atoms with van der Waals surface area (Å²) in [6.45, 7) is -0.186. The van der Waals surface area contributed by atoms with Crippen LogP contribution in [0.3, 0.4) is 0 Å².